The maximum absolute atomic E-state index is 11.8. The maximum atomic E-state index is 11.8. The molecule has 8 heteroatoms. The number of halogens is 3. The molecule has 0 saturated carbocycles. The van der Waals surface area contributed by atoms with E-state index in [0.717, 1.165) is 0 Å². The first-order valence-electron chi connectivity index (χ1n) is 7.65. The number of hydrogen-bond acceptors (Lipinski definition) is 3. The molecule has 1 amide bonds. The number of aliphatic carboxylic acids is 1. The van der Waals surface area contributed by atoms with Gasteiger partial charge in [-0.15, -0.1) is 0 Å². The molecule has 0 spiro atoms. The van der Waals surface area contributed by atoms with Gasteiger partial charge in [0.1, 0.15) is 5.75 Å². The quantitative estimate of drug-likeness (QED) is 0.637. The molecule has 0 aliphatic carbocycles. The lowest BCUT2D eigenvalue weighted by atomic mass is 10.1. The number of benzene rings is 2. The maximum Gasteiger partial charge on any atom is 0.307 e. The van der Waals surface area contributed by atoms with Gasteiger partial charge in [-0.2, -0.15) is 0 Å². The fraction of sp³-hybridized carbons (Fsp3) is 0.222. The van der Waals surface area contributed by atoms with Crippen molar-refractivity contribution in [2.45, 2.75) is 20.3 Å². The van der Waals surface area contributed by atoms with Crippen LogP contribution in [0.1, 0.15) is 19.4 Å². The predicted molar refractivity (Wildman–Crippen MR) is 103 cm³/mol. The molecule has 2 rings (SSSR count). The Labute approximate surface area is 165 Å². The van der Waals surface area contributed by atoms with Gasteiger partial charge in [-0.25, -0.2) is 0 Å². The van der Waals surface area contributed by atoms with Gasteiger partial charge in [0.2, 0.25) is 5.91 Å². The van der Waals surface area contributed by atoms with Crippen LogP contribution >= 0.6 is 34.8 Å². The highest BCUT2D eigenvalue weighted by Crippen LogP contribution is 2.39. The molecule has 0 heterocycles. The summed E-state index contributed by atoms with van der Waals surface area (Å²) >= 11 is 18.5. The molecule has 0 radical (unpaired) electrons. The van der Waals surface area contributed by atoms with E-state index < -0.39 is 5.97 Å². The van der Waals surface area contributed by atoms with Gasteiger partial charge in [0.05, 0.1) is 27.2 Å². The Kier molecular flexibility index (Phi) is 6.75. The van der Waals surface area contributed by atoms with Crippen molar-refractivity contribution in [2.24, 2.45) is 5.92 Å². The normalized spacial score (nSPS) is 10.7. The van der Waals surface area contributed by atoms with E-state index in [1.807, 2.05) is 0 Å². The molecule has 26 heavy (non-hydrogen) atoms. The number of carboxylic acid groups (broad SMARTS) is 1. The Morgan fingerprint density at radius 3 is 2.19 bits per heavy atom. The van der Waals surface area contributed by atoms with Crippen LogP contribution in [-0.2, 0) is 16.0 Å². The van der Waals surface area contributed by atoms with Crippen LogP contribution in [0.3, 0.4) is 0 Å². The number of amides is 1. The largest absolute Gasteiger partial charge is 0.481 e. The summed E-state index contributed by atoms with van der Waals surface area (Å²) in [4.78, 5) is 22.6. The lowest BCUT2D eigenvalue weighted by Gasteiger charge is -2.13. The first-order chi connectivity index (χ1) is 12.2. The number of ether oxygens (including phenoxy) is 1. The van der Waals surface area contributed by atoms with Crippen molar-refractivity contribution < 1.29 is 19.4 Å². The standard InChI is InChI=1S/C18H16Cl3NO4/c1-9(2)18(25)22-15-4-3-11(8-12(15)19)26-17-13(20)5-10(6-14(17)21)7-16(23)24/h3-6,8-9H,7H2,1-2H3,(H,22,25)(H,23,24). The van der Waals surface area contributed by atoms with E-state index in [1.165, 1.54) is 18.2 Å². The summed E-state index contributed by atoms with van der Waals surface area (Å²) in [6.07, 6.45) is -0.199. The molecule has 138 valence electrons. The van der Waals surface area contributed by atoms with Gasteiger partial charge in [-0.3, -0.25) is 9.59 Å². The molecule has 0 bridgehead atoms. The second-order valence-corrected chi connectivity index (χ2v) is 7.07. The molecule has 0 aromatic heterocycles. The SMILES string of the molecule is CC(C)C(=O)Nc1ccc(Oc2c(Cl)cc(CC(=O)O)cc2Cl)cc1Cl. The van der Waals surface area contributed by atoms with Gasteiger partial charge in [0.15, 0.2) is 5.75 Å². The minimum atomic E-state index is -0.989. The zero-order valence-corrected chi connectivity index (χ0v) is 16.2. The molecule has 2 aromatic carbocycles. The van der Waals surface area contributed by atoms with Gasteiger partial charge >= 0.3 is 5.97 Å². The summed E-state index contributed by atoms with van der Waals surface area (Å²) in [6.45, 7) is 3.55. The Morgan fingerprint density at radius 2 is 1.69 bits per heavy atom. The third-order valence-corrected chi connectivity index (χ3v) is 4.23. The van der Waals surface area contributed by atoms with E-state index in [4.69, 9.17) is 44.6 Å². The molecular weight excluding hydrogens is 401 g/mol. The Morgan fingerprint density at radius 1 is 1.08 bits per heavy atom. The van der Waals surface area contributed by atoms with E-state index in [-0.39, 0.29) is 34.0 Å². The minimum absolute atomic E-state index is 0.152. The number of carbonyl (C=O) groups excluding carboxylic acids is 1. The number of nitrogens with one attached hydrogen (secondary N) is 1. The fourth-order valence-electron chi connectivity index (χ4n) is 2.04. The average molecular weight is 417 g/mol. The monoisotopic (exact) mass is 415 g/mol. The molecule has 0 atom stereocenters. The van der Waals surface area contributed by atoms with Crippen molar-refractivity contribution in [2.75, 3.05) is 5.32 Å². The molecule has 2 aromatic rings. The van der Waals surface area contributed by atoms with E-state index in [2.05, 4.69) is 5.32 Å². The fourth-order valence-corrected chi connectivity index (χ4v) is 2.87. The van der Waals surface area contributed by atoms with Gasteiger partial charge in [0, 0.05) is 12.0 Å². The van der Waals surface area contributed by atoms with Gasteiger partial charge < -0.3 is 15.2 Å². The average Bonchev–Trinajstić information content (AvgIpc) is 2.52. The van der Waals surface area contributed by atoms with Crippen molar-refractivity contribution >= 4 is 52.4 Å². The van der Waals surface area contributed by atoms with E-state index in [0.29, 0.717) is 22.0 Å². The minimum Gasteiger partial charge on any atom is -0.481 e. The van der Waals surface area contributed by atoms with E-state index >= 15 is 0 Å². The zero-order chi connectivity index (χ0) is 19.4. The first-order valence-corrected chi connectivity index (χ1v) is 8.78. The van der Waals surface area contributed by atoms with Gasteiger partial charge in [-0.1, -0.05) is 48.7 Å². The Balaban J connectivity index is 2.22. The highest BCUT2D eigenvalue weighted by atomic mass is 35.5. The molecular formula is C18H16Cl3NO4. The van der Waals surface area contributed by atoms with Gasteiger partial charge in [0.25, 0.3) is 0 Å². The van der Waals surface area contributed by atoms with Crippen LogP contribution in [-0.4, -0.2) is 17.0 Å². The molecule has 0 aliphatic heterocycles. The number of carbonyl (C=O) groups is 2. The molecule has 0 unspecified atom stereocenters. The van der Waals surface area contributed by atoms with E-state index in [9.17, 15) is 9.59 Å². The third kappa shape index (κ3) is 5.27. The Hall–Kier alpha value is -1.95. The van der Waals surface area contributed by atoms with Crippen LogP contribution in [0, 0.1) is 5.92 Å². The lowest BCUT2D eigenvalue weighted by molar-refractivity contribution is -0.136. The van der Waals surface area contributed by atoms with Crippen molar-refractivity contribution in [3.63, 3.8) is 0 Å². The predicted octanol–water partition coefficient (Wildman–Crippen LogP) is 5.66. The summed E-state index contributed by atoms with van der Waals surface area (Å²) in [5, 5.41) is 12.2. The first kappa shape index (κ1) is 20.4. The third-order valence-electron chi connectivity index (χ3n) is 3.36. The topological polar surface area (TPSA) is 75.6 Å². The summed E-state index contributed by atoms with van der Waals surface area (Å²) in [5.74, 6) is -0.758. The van der Waals surface area contributed by atoms with Crippen LogP contribution in [0.4, 0.5) is 5.69 Å². The van der Waals surface area contributed by atoms with Crippen LogP contribution in [0.5, 0.6) is 11.5 Å². The van der Waals surface area contributed by atoms with Crippen molar-refractivity contribution in [1.29, 1.82) is 0 Å². The molecule has 2 N–H and O–H groups in total. The second-order valence-electron chi connectivity index (χ2n) is 5.85. The van der Waals surface area contributed by atoms with Crippen LogP contribution in [0.15, 0.2) is 30.3 Å². The Bertz CT molecular complexity index is 829. The van der Waals surface area contributed by atoms with E-state index in [1.54, 1.807) is 26.0 Å². The lowest BCUT2D eigenvalue weighted by Crippen LogP contribution is -2.17. The number of anilines is 1. The molecule has 5 nitrogen and oxygen atoms in total. The number of carboxylic acids is 1. The molecule has 0 saturated heterocycles. The smallest absolute Gasteiger partial charge is 0.307 e. The number of hydrogen-bond donors (Lipinski definition) is 2. The van der Waals surface area contributed by atoms with Crippen molar-refractivity contribution in [1.82, 2.24) is 0 Å². The summed E-state index contributed by atoms with van der Waals surface area (Å²) in [7, 11) is 0. The van der Waals surface area contributed by atoms with Crippen LogP contribution in [0.2, 0.25) is 15.1 Å². The highest BCUT2D eigenvalue weighted by molar-refractivity contribution is 6.37. The zero-order valence-electron chi connectivity index (χ0n) is 14.0. The highest BCUT2D eigenvalue weighted by Gasteiger charge is 2.14. The van der Waals surface area contributed by atoms with Gasteiger partial charge in [-0.05, 0) is 29.8 Å². The summed E-state index contributed by atoms with van der Waals surface area (Å²) in [6, 6.07) is 7.71. The second kappa shape index (κ2) is 8.62. The molecule has 0 fully saturated rings. The van der Waals surface area contributed by atoms with Crippen LogP contribution in [0.25, 0.3) is 0 Å². The number of rotatable bonds is 6. The summed E-state index contributed by atoms with van der Waals surface area (Å²) in [5.41, 5.74) is 0.927. The summed E-state index contributed by atoms with van der Waals surface area (Å²) < 4.78 is 5.68. The van der Waals surface area contributed by atoms with Crippen molar-refractivity contribution in [3.05, 3.63) is 51.0 Å². The van der Waals surface area contributed by atoms with Crippen LogP contribution < -0.4 is 10.1 Å². The molecule has 0 aliphatic rings. The van der Waals surface area contributed by atoms with Crippen molar-refractivity contribution in [3.8, 4) is 11.5 Å².